The van der Waals surface area contributed by atoms with Crippen molar-refractivity contribution in [3.05, 3.63) is 16.1 Å². The Morgan fingerprint density at radius 2 is 2.45 bits per heavy atom. The van der Waals surface area contributed by atoms with Gasteiger partial charge in [0.15, 0.2) is 0 Å². The van der Waals surface area contributed by atoms with Crippen molar-refractivity contribution in [2.45, 2.75) is 32.7 Å². The van der Waals surface area contributed by atoms with Crippen LogP contribution in [0.4, 0.5) is 0 Å². The number of carbonyl (C=O) groups excluding carboxylic acids is 1. The van der Waals surface area contributed by atoms with E-state index in [1.165, 1.54) is 11.3 Å². The third-order valence-electron chi connectivity index (χ3n) is 4.75. The van der Waals surface area contributed by atoms with Crippen LogP contribution in [-0.2, 0) is 11.3 Å². The second kappa shape index (κ2) is 7.53. The number of hydrogen-bond donors (Lipinski definition) is 1. The maximum absolute atomic E-state index is 11.8. The minimum atomic E-state index is 0.330. The molecule has 22 heavy (non-hydrogen) atoms. The van der Waals surface area contributed by atoms with Crippen molar-refractivity contribution in [1.29, 1.82) is 0 Å². The number of rotatable bonds is 7. The molecule has 2 aliphatic heterocycles. The Morgan fingerprint density at radius 1 is 1.55 bits per heavy atom. The van der Waals surface area contributed by atoms with Gasteiger partial charge in [0.25, 0.3) is 0 Å². The van der Waals surface area contributed by atoms with Gasteiger partial charge in [-0.1, -0.05) is 0 Å². The molecule has 0 aromatic carbocycles. The minimum Gasteiger partial charge on any atom is -0.341 e. The molecule has 0 spiro atoms. The number of hydrogen-bond acceptors (Lipinski definition) is 5. The van der Waals surface area contributed by atoms with Crippen LogP contribution < -0.4 is 5.32 Å². The number of nitrogens with one attached hydrogen (secondary N) is 1. The van der Waals surface area contributed by atoms with Gasteiger partial charge in [0, 0.05) is 44.0 Å². The molecule has 2 saturated heterocycles. The van der Waals surface area contributed by atoms with Gasteiger partial charge < -0.3 is 10.2 Å². The number of aryl methyl sites for hydroxylation is 1. The largest absolute Gasteiger partial charge is 0.341 e. The minimum absolute atomic E-state index is 0.330. The van der Waals surface area contributed by atoms with E-state index in [4.69, 9.17) is 0 Å². The van der Waals surface area contributed by atoms with E-state index in [1.807, 2.05) is 10.4 Å². The molecule has 1 amide bonds. The van der Waals surface area contributed by atoms with Crippen molar-refractivity contribution < 1.29 is 4.79 Å². The Bertz CT molecular complexity index is 498. The molecule has 122 valence electrons. The SMILES string of the molecule is Cc1ncsc1CN(CCN1CCCC1=O)CC1CCNC1. The smallest absolute Gasteiger partial charge is 0.222 e. The fourth-order valence-corrected chi connectivity index (χ4v) is 4.17. The van der Waals surface area contributed by atoms with E-state index in [9.17, 15) is 4.79 Å². The van der Waals surface area contributed by atoms with Gasteiger partial charge in [0.2, 0.25) is 5.91 Å². The number of aromatic nitrogens is 1. The van der Waals surface area contributed by atoms with E-state index >= 15 is 0 Å². The van der Waals surface area contributed by atoms with Crippen molar-refractivity contribution in [1.82, 2.24) is 20.1 Å². The van der Waals surface area contributed by atoms with Crippen LogP contribution in [-0.4, -0.2) is 60.0 Å². The molecule has 1 unspecified atom stereocenters. The zero-order chi connectivity index (χ0) is 15.4. The molecule has 3 heterocycles. The lowest BCUT2D eigenvalue weighted by atomic mass is 10.1. The fourth-order valence-electron chi connectivity index (χ4n) is 3.35. The molecule has 0 bridgehead atoms. The maximum Gasteiger partial charge on any atom is 0.222 e. The highest BCUT2D eigenvalue weighted by atomic mass is 32.1. The number of thiazole rings is 1. The first-order valence-electron chi connectivity index (χ1n) is 8.32. The van der Waals surface area contributed by atoms with Crippen LogP contribution in [0.1, 0.15) is 29.8 Å². The van der Waals surface area contributed by atoms with E-state index in [0.29, 0.717) is 5.91 Å². The molecule has 0 radical (unpaired) electrons. The van der Waals surface area contributed by atoms with E-state index in [1.54, 1.807) is 11.3 Å². The van der Waals surface area contributed by atoms with Crippen molar-refractivity contribution in [2.24, 2.45) is 5.92 Å². The molecular weight excluding hydrogens is 296 g/mol. The van der Waals surface area contributed by atoms with Crippen LogP contribution in [0.25, 0.3) is 0 Å². The van der Waals surface area contributed by atoms with Crippen molar-refractivity contribution in [3.63, 3.8) is 0 Å². The molecule has 0 aliphatic carbocycles. The van der Waals surface area contributed by atoms with Gasteiger partial charge in [0.05, 0.1) is 11.2 Å². The Morgan fingerprint density at radius 3 is 3.09 bits per heavy atom. The highest BCUT2D eigenvalue weighted by Gasteiger charge is 2.23. The molecule has 1 atom stereocenters. The standard InChI is InChI=1S/C16H26N4OS/c1-13-15(22-12-18-13)11-19(10-14-4-5-17-9-14)7-8-20-6-2-3-16(20)21/h12,14,17H,2-11H2,1H3. The Labute approximate surface area is 136 Å². The van der Waals surface area contributed by atoms with Crippen LogP contribution in [0.2, 0.25) is 0 Å². The third kappa shape index (κ3) is 4.06. The number of amides is 1. The summed E-state index contributed by atoms with van der Waals surface area (Å²) >= 11 is 1.75. The average molecular weight is 322 g/mol. The normalized spacial score (nSPS) is 22.2. The Balaban J connectivity index is 1.57. The summed E-state index contributed by atoms with van der Waals surface area (Å²) in [5, 5.41) is 3.45. The molecule has 1 aromatic heterocycles. The first-order chi connectivity index (χ1) is 10.7. The maximum atomic E-state index is 11.8. The lowest BCUT2D eigenvalue weighted by molar-refractivity contribution is -0.127. The van der Waals surface area contributed by atoms with Crippen LogP contribution in [0.3, 0.4) is 0 Å². The number of nitrogens with zero attached hydrogens (tertiary/aromatic N) is 3. The Hall–Kier alpha value is -0.980. The predicted molar refractivity (Wildman–Crippen MR) is 88.9 cm³/mol. The third-order valence-corrected chi connectivity index (χ3v) is 5.67. The summed E-state index contributed by atoms with van der Waals surface area (Å²) in [7, 11) is 0. The van der Waals surface area contributed by atoms with E-state index in [0.717, 1.165) is 70.3 Å². The molecule has 2 aliphatic rings. The summed E-state index contributed by atoms with van der Waals surface area (Å²) < 4.78 is 0. The molecule has 1 aromatic rings. The van der Waals surface area contributed by atoms with Crippen molar-refractivity contribution in [3.8, 4) is 0 Å². The second-order valence-electron chi connectivity index (χ2n) is 6.44. The molecular formula is C16H26N4OS. The summed E-state index contributed by atoms with van der Waals surface area (Å²) in [5.74, 6) is 1.07. The topological polar surface area (TPSA) is 48.5 Å². The van der Waals surface area contributed by atoms with E-state index < -0.39 is 0 Å². The lowest BCUT2D eigenvalue weighted by Crippen LogP contribution is -2.38. The van der Waals surface area contributed by atoms with Crippen LogP contribution >= 0.6 is 11.3 Å². The van der Waals surface area contributed by atoms with Gasteiger partial charge >= 0.3 is 0 Å². The summed E-state index contributed by atoms with van der Waals surface area (Å²) in [6.07, 6.45) is 3.03. The van der Waals surface area contributed by atoms with Crippen LogP contribution in [0.5, 0.6) is 0 Å². The summed E-state index contributed by atoms with van der Waals surface area (Å²) in [6, 6.07) is 0. The molecule has 2 fully saturated rings. The van der Waals surface area contributed by atoms with Gasteiger partial charge in [-0.15, -0.1) is 11.3 Å². The highest BCUT2D eigenvalue weighted by molar-refractivity contribution is 7.09. The lowest BCUT2D eigenvalue weighted by Gasteiger charge is -2.27. The van der Waals surface area contributed by atoms with Crippen LogP contribution in [0.15, 0.2) is 5.51 Å². The second-order valence-corrected chi connectivity index (χ2v) is 7.38. The zero-order valence-electron chi connectivity index (χ0n) is 13.4. The summed E-state index contributed by atoms with van der Waals surface area (Å²) in [4.78, 5) is 22.1. The first-order valence-corrected chi connectivity index (χ1v) is 9.20. The number of carbonyl (C=O) groups is 1. The predicted octanol–water partition coefficient (Wildman–Crippen LogP) is 1.49. The van der Waals surface area contributed by atoms with Gasteiger partial charge in [-0.25, -0.2) is 4.98 Å². The summed E-state index contributed by atoms with van der Waals surface area (Å²) in [6.45, 7) is 9.23. The summed E-state index contributed by atoms with van der Waals surface area (Å²) in [5.41, 5.74) is 3.08. The van der Waals surface area contributed by atoms with Crippen molar-refractivity contribution in [2.75, 3.05) is 39.3 Å². The average Bonchev–Trinajstić information content (AvgIpc) is 3.22. The molecule has 6 heteroatoms. The van der Waals surface area contributed by atoms with E-state index in [-0.39, 0.29) is 0 Å². The molecule has 5 nitrogen and oxygen atoms in total. The quantitative estimate of drug-likeness (QED) is 0.826. The Kier molecular flexibility index (Phi) is 5.44. The van der Waals surface area contributed by atoms with Crippen LogP contribution in [0, 0.1) is 12.8 Å². The monoisotopic (exact) mass is 322 g/mol. The first kappa shape index (κ1) is 15.9. The molecule has 3 rings (SSSR count). The van der Waals surface area contributed by atoms with E-state index in [2.05, 4.69) is 22.1 Å². The van der Waals surface area contributed by atoms with Gasteiger partial charge in [-0.3, -0.25) is 9.69 Å². The molecule has 1 N–H and O–H groups in total. The highest BCUT2D eigenvalue weighted by Crippen LogP contribution is 2.18. The van der Waals surface area contributed by atoms with Gasteiger partial charge in [-0.05, 0) is 38.8 Å². The fraction of sp³-hybridized carbons (Fsp3) is 0.750. The molecule has 0 saturated carbocycles. The number of likely N-dealkylation sites (tertiary alicyclic amines) is 1. The zero-order valence-corrected chi connectivity index (χ0v) is 14.2. The van der Waals surface area contributed by atoms with Gasteiger partial charge in [0.1, 0.15) is 0 Å². The van der Waals surface area contributed by atoms with Gasteiger partial charge in [-0.2, -0.15) is 0 Å². The van der Waals surface area contributed by atoms with Crippen molar-refractivity contribution >= 4 is 17.2 Å².